The first-order valence-corrected chi connectivity index (χ1v) is 8.49. The molecule has 24 heavy (non-hydrogen) atoms. The van der Waals surface area contributed by atoms with Gasteiger partial charge in [-0.1, -0.05) is 25.4 Å². The quantitative estimate of drug-likeness (QED) is 0.806. The van der Waals surface area contributed by atoms with E-state index < -0.39 is 5.60 Å². The average molecular weight is 356 g/mol. The topological polar surface area (TPSA) is 64.6 Å². The average Bonchev–Trinajstić information content (AvgIpc) is 2.42. The Hall–Kier alpha value is -1.56. The summed E-state index contributed by atoms with van der Waals surface area (Å²) in [5.41, 5.74) is -0.0435. The molecule has 1 unspecified atom stereocenters. The maximum atomic E-state index is 12.3. The van der Waals surface area contributed by atoms with E-state index in [1.54, 1.807) is 4.90 Å². The van der Waals surface area contributed by atoms with Gasteiger partial charge < -0.3 is 14.4 Å². The lowest BCUT2D eigenvalue weighted by atomic mass is 9.81. The first-order chi connectivity index (χ1) is 11.0. The molecule has 0 spiro atoms. The van der Waals surface area contributed by atoms with Gasteiger partial charge in [-0.15, -0.1) is 0 Å². The van der Waals surface area contributed by atoms with Crippen molar-refractivity contribution < 1.29 is 14.3 Å². The Bertz CT molecular complexity index is 614. The zero-order chi connectivity index (χ0) is 18.1. The van der Waals surface area contributed by atoms with Crippen molar-refractivity contribution in [3.8, 4) is 5.88 Å². The maximum absolute atomic E-state index is 12.3. The van der Waals surface area contributed by atoms with Crippen LogP contribution >= 0.6 is 11.6 Å². The normalized spacial score (nSPS) is 20.6. The molecule has 134 valence electrons. The third-order valence-electron chi connectivity index (χ3n) is 3.92. The van der Waals surface area contributed by atoms with Crippen LogP contribution in [0.15, 0.2) is 6.20 Å². The van der Waals surface area contributed by atoms with Crippen LogP contribution in [0.2, 0.25) is 5.15 Å². The number of carbonyl (C=O) groups excluding carboxylic acids is 1. The molecule has 0 radical (unpaired) electrons. The molecule has 6 nitrogen and oxygen atoms in total. The molecule has 0 bridgehead atoms. The highest BCUT2D eigenvalue weighted by Gasteiger charge is 2.40. The summed E-state index contributed by atoms with van der Waals surface area (Å²) in [7, 11) is 0. The fraction of sp³-hybridized carbons (Fsp3) is 0.706. The molecule has 2 heterocycles. The van der Waals surface area contributed by atoms with Gasteiger partial charge in [0.2, 0.25) is 5.88 Å². The van der Waals surface area contributed by atoms with Crippen LogP contribution in [0.3, 0.4) is 0 Å². The van der Waals surface area contributed by atoms with E-state index in [4.69, 9.17) is 21.1 Å². The molecule has 7 heteroatoms. The Morgan fingerprint density at radius 3 is 2.67 bits per heavy atom. The Kier molecular flexibility index (Phi) is 5.28. The second-order valence-corrected chi connectivity index (χ2v) is 8.26. The zero-order valence-corrected chi connectivity index (χ0v) is 16.0. The summed E-state index contributed by atoms with van der Waals surface area (Å²) in [5.74, 6) is 0.450. The Morgan fingerprint density at radius 1 is 1.42 bits per heavy atom. The van der Waals surface area contributed by atoms with Crippen LogP contribution in [-0.2, 0) is 4.74 Å². The molecule has 0 N–H and O–H groups in total. The highest BCUT2D eigenvalue weighted by atomic mass is 35.5. The van der Waals surface area contributed by atoms with Crippen molar-refractivity contribution in [2.24, 2.45) is 5.41 Å². The number of hydrogen-bond donors (Lipinski definition) is 0. The molecule has 1 aromatic rings. The van der Waals surface area contributed by atoms with Gasteiger partial charge in [-0.25, -0.2) is 4.79 Å². The molecular weight excluding hydrogens is 330 g/mol. The van der Waals surface area contributed by atoms with Crippen LogP contribution in [0.5, 0.6) is 5.88 Å². The molecule has 0 aromatic carbocycles. The lowest BCUT2D eigenvalue weighted by Crippen LogP contribution is -2.53. The number of likely N-dealkylation sites (tertiary alicyclic amines) is 1. The molecule has 1 atom stereocenters. The molecule has 1 aliphatic rings. The number of amides is 1. The van der Waals surface area contributed by atoms with Crippen molar-refractivity contribution in [3.63, 3.8) is 0 Å². The van der Waals surface area contributed by atoms with Gasteiger partial charge in [0.15, 0.2) is 5.15 Å². The SMILES string of the molecule is Cc1ncc(Cl)nc1OC1CCN(C(=O)OC(C)(C)C)CC1(C)C. The van der Waals surface area contributed by atoms with Crippen LogP contribution in [0.25, 0.3) is 0 Å². The number of nitrogens with zero attached hydrogens (tertiary/aromatic N) is 3. The zero-order valence-electron chi connectivity index (χ0n) is 15.2. The molecule has 1 amide bonds. The Balaban J connectivity index is 2.06. The predicted molar refractivity (Wildman–Crippen MR) is 92.4 cm³/mol. The number of aryl methyl sites for hydroxylation is 1. The van der Waals surface area contributed by atoms with Crippen LogP contribution < -0.4 is 4.74 Å². The highest BCUT2D eigenvalue weighted by Crippen LogP contribution is 2.33. The largest absolute Gasteiger partial charge is 0.472 e. The molecule has 0 saturated carbocycles. The van der Waals surface area contributed by atoms with Gasteiger partial charge >= 0.3 is 6.09 Å². The van der Waals surface area contributed by atoms with Crippen molar-refractivity contribution in [2.45, 2.75) is 59.7 Å². The number of piperidine rings is 1. The first kappa shape index (κ1) is 18.8. The van der Waals surface area contributed by atoms with E-state index >= 15 is 0 Å². The van der Waals surface area contributed by atoms with E-state index in [-0.39, 0.29) is 17.6 Å². The Morgan fingerprint density at radius 2 is 2.08 bits per heavy atom. The number of aromatic nitrogens is 2. The van der Waals surface area contributed by atoms with Crippen LogP contribution in [0.1, 0.15) is 46.7 Å². The monoisotopic (exact) mass is 355 g/mol. The summed E-state index contributed by atoms with van der Waals surface area (Å²) < 4.78 is 11.5. The standard InChI is InChI=1S/C17H26ClN3O3/c1-11-14(20-13(18)9-19-11)23-12-7-8-21(10-17(12,5)6)15(22)24-16(2,3)4/h9,12H,7-8,10H2,1-6H3. The third kappa shape index (κ3) is 4.72. The number of ether oxygens (including phenoxy) is 2. The molecule has 0 aliphatic carbocycles. The van der Waals surface area contributed by atoms with Gasteiger partial charge in [0.25, 0.3) is 0 Å². The minimum atomic E-state index is -0.498. The maximum Gasteiger partial charge on any atom is 0.410 e. The van der Waals surface area contributed by atoms with Gasteiger partial charge in [-0.3, -0.25) is 4.98 Å². The lowest BCUT2D eigenvalue weighted by Gasteiger charge is -2.43. The van der Waals surface area contributed by atoms with E-state index in [1.165, 1.54) is 6.20 Å². The molecule has 1 aliphatic heterocycles. The summed E-state index contributed by atoms with van der Waals surface area (Å²) in [6, 6.07) is 0. The minimum Gasteiger partial charge on any atom is -0.472 e. The lowest BCUT2D eigenvalue weighted by molar-refractivity contribution is -0.0296. The number of carbonyl (C=O) groups is 1. The number of rotatable bonds is 2. The van der Waals surface area contributed by atoms with Crippen molar-refractivity contribution >= 4 is 17.7 Å². The Labute approximate surface area is 148 Å². The van der Waals surface area contributed by atoms with Crippen molar-refractivity contribution in [3.05, 3.63) is 17.0 Å². The van der Waals surface area contributed by atoms with E-state index in [0.717, 1.165) is 0 Å². The van der Waals surface area contributed by atoms with Crippen LogP contribution in [0.4, 0.5) is 4.79 Å². The van der Waals surface area contributed by atoms with Crippen LogP contribution in [-0.4, -0.2) is 45.8 Å². The van der Waals surface area contributed by atoms with Crippen molar-refractivity contribution in [1.82, 2.24) is 14.9 Å². The molecular formula is C17H26ClN3O3. The fourth-order valence-corrected chi connectivity index (χ4v) is 2.82. The van der Waals surface area contributed by atoms with E-state index in [1.807, 2.05) is 27.7 Å². The summed E-state index contributed by atoms with van der Waals surface area (Å²) in [5, 5.41) is 0.305. The van der Waals surface area contributed by atoms with Gasteiger partial charge in [-0.05, 0) is 27.7 Å². The fourth-order valence-electron chi connectivity index (χ4n) is 2.70. The summed E-state index contributed by atoms with van der Waals surface area (Å²) in [6.07, 6.45) is 1.83. The molecule has 1 fully saturated rings. The highest BCUT2D eigenvalue weighted by molar-refractivity contribution is 6.29. The summed E-state index contributed by atoms with van der Waals surface area (Å²) in [4.78, 5) is 22.4. The summed E-state index contributed by atoms with van der Waals surface area (Å²) in [6.45, 7) is 12.7. The smallest absolute Gasteiger partial charge is 0.410 e. The number of hydrogen-bond acceptors (Lipinski definition) is 5. The van der Waals surface area contributed by atoms with Gasteiger partial charge in [0.1, 0.15) is 11.7 Å². The third-order valence-corrected chi connectivity index (χ3v) is 4.10. The number of halogens is 1. The minimum absolute atomic E-state index is 0.0809. The molecule has 1 saturated heterocycles. The van der Waals surface area contributed by atoms with Crippen molar-refractivity contribution in [2.75, 3.05) is 13.1 Å². The van der Waals surface area contributed by atoms with Gasteiger partial charge in [-0.2, -0.15) is 4.98 Å². The second-order valence-electron chi connectivity index (χ2n) is 7.87. The molecule has 2 rings (SSSR count). The van der Waals surface area contributed by atoms with Gasteiger partial charge in [0, 0.05) is 24.9 Å². The van der Waals surface area contributed by atoms with E-state index in [0.29, 0.717) is 36.2 Å². The van der Waals surface area contributed by atoms with Gasteiger partial charge in [0.05, 0.1) is 11.9 Å². The van der Waals surface area contributed by atoms with Crippen molar-refractivity contribution in [1.29, 1.82) is 0 Å². The van der Waals surface area contributed by atoms with E-state index in [2.05, 4.69) is 23.8 Å². The first-order valence-electron chi connectivity index (χ1n) is 8.12. The van der Waals surface area contributed by atoms with Crippen LogP contribution in [0, 0.1) is 12.3 Å². The predicted octanol–water partition coefficient (Wildman–Crippen LogP) is 3.85. The summed E-state index contributed by atoms with van der Waals surface area (Å²) >= 11 is 5.91. The van der Waals surface area contributed by atoms with E-state index in [9.17, 15) is 4.79 Å². The molecule has 1 aromatic heterocycles. The second kappa shape index (κ2) is 6.75.